The van der Waals surface area contributed by atoms with Gasteiger partial charge in [0.2, 0.25) is 0 Å². The van der Waals surface area contributed by atoms with Gasteiger partial charge in [-0.1, -0.05) is 0 Å². The van der Waals surface area contributed by atoms with Crippen molar-refractivity contribution in [1.82, 2.24) is 15.0 Å². The molecule has 0 aliphatic heterocycles. The van der Waals surface area contributed by atoms with Gasteiger partial charge < -0.3 is 5.11 Å². The summed E-state index contributed by atoms with van der Waals surface area (Å²) in [5.41, 5.74) is 1.51. The highest BCUT2D eigenvalue weighted by Crippen LogP contribution is 2.37. The lowest BCUT2D eigenvalue weighted by atomic mass is 9.91. The van der Waals surface area contributed by atoms with E-state index >= 15 is 0 Å². The number of carboxylic acids is 1. The highest BCUT2D eigenvalue weighted by Gasteiger charge is 2.30. The lowest BCUT2D eigenvalue weighted by Crippen LogP contribution is -2.17. The van der Waals surface area contributed by atoms with Gasteiger partial charge in [-0.05, 0) is 32.3 Å². The molecule has 5 nitrogen and oxygen atoms in total. The maximum absolute atomic E-state index is 11.3. The van der Waals surface area contributed by atoms with Crippen molar-refractivity contribution in [3.63, 3.8) is 0 Å². The van der Waals surface area contributed by atoms with E-state index in [9.17, 15) is 9.90 Å². The number of fused-ring (bicyclic) bond motifs is 1. The molecule has 2 heterocycles. The molecule has 2 aromatic rings. The van der Waals surface area contributed by atoms with E-state index in [0.29, 0.717) is 12.2 Å². The van der Waals surface area contributed by atoms with E-state index in [-0.39, 0.29) is 0 Å². The summed E-state index contributed by atoms with van der Waals surface area (Å²) in [7, 11) is 0. The topological polar surface area (TPSA) is 76.0 Å². The molecule has 98 valence electrons. The lowest BCUT2D eigenvalue weighted by Gasteiger charge is -2.16. The highest BCUT2D eigenvalue weighted by atomic mass is 32.1. The number of aromatic nitrogens is 3. The molecule has 0 saturated heterocycles. The molecule has 6 heteroatoms. The molecule has 3 rings (SSSR count). The zero-order valence-corrected chi connectivity index (χ0v) is 11.3. The zero-order chi connectivity index (χ0) is 13.4. The molecule has 1 atom stereocenters. The first-order valence-electron chi connectivity index (χ1n) is 6.17. The number of aryl methyl sites for hydroxylation is 2. The third kappa shape index (κ3) is 2.23. The Morgan fingerprint density at radius 1 is 1.47 bits per heavy atom. The molecule has 1 aliphatic carbocycles. The van der Waals surface area contributed by atoms with Crippen molar-refractivity contribution >= 4 is 17.3 Å². The standard InChI is InChI=1S/C13H13N3O2S/c1-7-14-6-5-9(15-7)12-16-11-8(13(17)18)3-2-4-10(11)19-12/h5-6,8H,2-4H2,1H3,(H,17,18). The van der Waals surface area contributed by atoms with Crippen LogP contribution in [0.5, 0.6) is 0 Å². The molecule has 2 aromatic heterocycles. The van der Waals surface area contributed by atoms with E-state index in [1.165, 1.54) is 0 Å². The largest absolute Gasteiger partial charge is 0.481 e. The van der Waals surface area contributed by atoms with Crippen LogP contribution < -0.4 is 0 Å². The third-order valence-electron chi connectivity index (χ3n) is 3.25. The Kier molecular flexibility index (Phi) is 3.02. The van der Waals surface area contributed by atoms with Crippen molar-refractivity contribution in [3.8, 4) is 10.7 Å². The SMILES string of the molecule is Cc1nccc(-c2nc3c(s2)CCCC3C(=O)O)n1. The van der Waals surface area contributed by atoms with Crippen molar-refractivity contribution in [2.24, 2.45) is 0 Å². The fraction of sp³-hybridized carbons (Fsp3) is 0.385. The van der Waals surface area contributed by atoms with E-state index in [2.05, 4.69) is 15.0 Å². The van der Waals surface area contributed by atoms with Gasteiger partial charge >= 0.3 is 5.97 Å². The lowest BCUT2D eigenvalue weighted by molar-refractivity contribution is -0.139. The first-order chi connectivity index (χ1) is 9.15. The summed E-state index contributed by atoms with van der Waals surface area (Å²) in [4.78, 5) is 25.3. The molecule has 1 aliphatic rings. The van der Waals surface area contributed by atoms with Crippen molar-refractivity contribution in [1.29, 1.82) is 0 Å². The monoisotopic (exact) mass is 275 g/mol. The molecule has 0 radical (unpaired) electrons. The summed E-state index contributed by atoms with van der Waals surface area (Å²) in [5, 5.41) is 10.0. The van der Waals surface area contributed by atoms with Crippen molar-refractivity contribution in [3.05, 3.63) is 28.7 Å². The number of carbonyl (C=O) groups is 1. The van der Waals surface area contributed by atoms with E-state index in [4.69, 9.17) is 0 Å². The van der Waals surface area contributed by atoms with E-state index in [0.717, 1.165) is 34.1 Å². The third-order valence-corrected chi connectivity index (χ3v) is 4.40. The molecule has 1 N–H and O–H groups in total. The Balaban J connectivity index is 2.04. The summed E-state index contributed by atoms with van der Waals surface area (Å²) in [6.45, 7) is 1.83. The van der Waals surface area contributed by atoms with Crippen LogP contribution in [0.3, 0.4) is 0 Å². The van der Waals surface area contributed by atoms with Gasteiger partial charge in [-0.25, -0.2) is 15.0 Å². The zero-order valence-electron chi connectivity index (χ0n) is 10.5. The Morgan fingerprint density at radius 2 is 2.32 bits per heavy atom. The molecule has 19 heavy (non-hydrogen) atoms. The van der Waals surface area contributed by atoms with Crippen LogP contribution in [0.4, 0.5) is 0 Å². The Hall–Kier alpha value is -1.82. The minimum Gasteiger partial charge on any atom is -0.481 e. The van der Waals surface area contributed by atoms with Gasteiger partial charge in [0, 0.05) is 11.1 Å². The maximum atomic E-state index is 11.3. The van der Waals surface area contributed by atoms with E-state index < -0.39 is 11.9 Å². The molecule has 0 bridgehead atoms. The number of aliphatic carboxylic acids is 1. The summed E-state index contributed by atoms with van der Waals surface area (Å²) in [6, 6.07) is 1.81. The number of carboxylic acid groups (broad SMARTS) is 1. The number of nitrogens with zero attached hydrogens (tertiary/aromatic N) is 3. The van der Waals surface area contributed by atoms with Crippen LogP contribution in [0, 0.1) is 6.92 Å². The van der Waals surface area contributed by atoms with Crippen LogP contribution in [0.15, 0.2) is 12.3 Å². The number of hydrogen-bond donors (Lipinski definition) is 1. The second-order valence-electron chi connectivity index (χ2n) is 4.60. The van der Waals surface area contributed by atoms with Gasteiger partial charge in [-0.15, -0.1) is 11.3 Å². The summed E-state index contributed by atoms with van der Waals surface area (Å²) in [6.07, 6.45) is 4.20. The molecule has 0 saturated carbocycles. The minimum atomic E-state index is -0.781. The summed E-state index contributed by atoms with van der Waals surface area (Å²) >= 11 is 1.55. The van der Waals surface area contributed by atoms with Gasteiger partial charge in [0.05, 0.1) is 5.69 Å². The summed E-state index contributed by atoms with van der Waals surface area (Å²) in [5.74, 6) is -0.547. The summed E-state index contributed by atoms with van der Waals surface area (Å²) < 4.78 is 0. The average molecular weight is 275 g/mol. The quantitative estimate of drug-likeness (QED) is 0.910. The first-order valence-corrected chi connectivity index (χ1v) is 6.99. The highest BCUT2D eigenvalue weighted by molar-refractivity contribution is 7.15. The van der Waals surface area contributed by atoms with Crippen LogP contribution in [-0.4, -0.2) is 26.0 Å². The first kappa shape index (κ1) is 12.2. The molecular formula is C13H13N3O2S. The molecule has 0 aromatic carbocycles. The van der Waals surface area contributed by atoms with Gasteiger partial charge in [0.25, 0.3) is 0 Å². The Bertz CT molecular complexity index is 639. The van der Waals surface area contributed by atoms with Gasteiger partial charge in [0.1, 0.15) is 22.4 Å². The minimum absolute atomic E-state index is 0.461. The van der Waals surface area contributed by atoms with Crippen molar-refractivity contribution < 1.29 is 9.90 Å². The van der Waals surface area contributed by atoms with Gasteiger partial charge in [-0.2, -0.15) is 0 Å². The molecule has 0 fully saturated rings. The predicted octanol–water partition coefficient (Wildman–Crippen LogP) is 2.41. The second kappa shape index (κ2) is 4.70. The second-order valence-corrected chi connectivity index (χ2v) is 5.68. The average Bonchev–Trinajstić information content (AvgIpc) is 2.82. The van der Waals surface area contributed by atoms with Crippen molar-refractivity contribution in [2.75, 3.05) is 0 Å². The molecule has 1 unspecified atom stereocenters. The van der Waals surface area contributed by atoms with Crippen LogP contribution in [-0.2, 0) is 11.2 Å². The molecule has 0 spiro atoms. The Morgan fingerprint density at radius 3 is 3.05 bits per heavy atom. The van der Waals surface area contributed by atoms with E-state index in [1.807, 2.05) is 13.0 Å². The van der Waals surface area contributed by atoms with Gasteiger partial charge in [0.15, 0.2) is 0 Å². The fourth-order valence-electron chi connectivity index (χ4n) is 2.34. The smallest absolute Gasteiger partial charge is 0.312 e. The van der Waals surface area contributed by atoms with Crippen molar-refractivity contribution in [2.45, 2.75) is 32.1 Å². The molecule has 0 amide bonds. The van der Waals surface area contributed by atoms with Crippen LogP contribution in [0.1, 0.15) is 35.2 Å². The number of thiazole rings is 1. The predicted molar refractivity (Wildman–Crippen MR) is 71.2 cm³/mol. The maximum Gasteiger partial charge on any atom is 0.312 e. The van der Waals surface area contributed by atoms with Crippen LogP contribution >= 0.6 is 11.3 Å². The fourth-order valence-corrected chi connectivity index (χ4v) is 3.48. The Labute approximate surface area is 114 Å². The van der Waals surface area contributed by atoms with E-state index in [1.54, 1.807) is 17.5 Å². The van der Waals surface area contributed by atoms with Gasteiger partial charge in [-0.3, -0.25) is 4.79 Å². The van der Waals surface area contributed by atoms with Crippen LogP contribution in [0.25, 0.3) is 10.7 Å². The van der Waals surface area contributed by atoms with Crippen LogP contribution in [0.2, 0.25) is 0 Å². The number of rotatable bonds is 2. The normalized spacial score (nSPS) is 18.1. The molecular weight excluding hydrogens is 262 g/mol. The number of hydrogen-bond acceptors (Lipinski definition) is 5.